The maximum absolute atomic E-state index is 10.9. The van der Waals surface area contributed by atoms with Gasteiger partial charge in [-0.25, -0.2) is 4.79 Å². The molecule has 1 atom stereocenters. The van der Waals surface area contributed by atoms with Gasteiger partial charge in [-0.05, 0) is 17.0 Å². The minimum atomic E-state index is -0.416. The topological polar surface area (TPSA) is 47.6 Å². The number of methoxy groups -OCH3 is 1. The van der Waals surface area contributed by atoms with Crippen LogP contribution in [0, 0.1) is 0 Å². The summed E-state index contributed by atoms with van der Waals surface area (Å²) in [5.74, 6) is 0. The Labute approximate surface area is 92.2 Å². The highest BCUT2D eigenvalue weighted by Crippen LogP contribution is 2.30. The molecule has 0 saturated carbocycles. The van der Waals surface area contributed by atoms with Gasteiger partial charge in [0.2, 0.25) is 0 Å². The summed E-state index contributed by atoms with van der Waals surface area (Å²) < 4.78 is 10.1. The highest BCUT2D eigenvalue weighted by atomic mass is 32.1. The van der Waals surface area contributed by atoms with E-state index in [4.69, 9.17) is 4.74 Å². The van der Waals surface area contributed by atoms with Crippen LogP contribution in [0.25, 0.3) is 0 Å². The fourth-order valence-electron chi connectivity index (χ4n) is 1.64. The monoisotopic (exact) mass is 227 g/mol. The van der Waals surface area contributed by atoms with Gasteiger partial charge in [-0.1, -0.05) is 0 Å². The molecule has 1 aromatic rings. The Morgan fingerprint density at radius 1 is 1.80 bits per heavy atom. The average molecular weight is 227 g/mol. The van der Waals surface area contributed by atoms with Crippen LogP contribution in [-0.2, 0) is 15.9 Å². The number of hydrogen-bond donors (Lipinski definition) is 1. The van der Waals surface area contributed by atoms with E-state index in [1.807, 2.05) is 0 Å². The van der Waals surface area contributed by atoms with Crippen LogP contribution in [0.3, 0.4) is 0 Å². The first-order valence-corrected chi connectivity index (χ1v) is 5.69. The first-order chi connectivity index (χ1) is 7.31. The van der Waals surface area contributed by atoms with Gasteiger partial charge in [0.05, 0.1) is 20.3 Å². The first kappa shape index (κ1) is 10.4. The van der Waals surface area contributed by atoms with Crippen LogP contribution in [0.4, 0.5) is 4.79 Å². The number of hydrogen-bond acceptors (Lipinski definition) is 4. The summed E-state index contributed by atoms with van der Waals surface area (Å²) in [5.41, 5.74) is 1.20. The van der Waals surface area contributed by atoms with Gasteiger partial charge in [-0.15, -0.1) is 11.3 Å². The number of nitrogens with one attached hydrogen (secondary N) is 1. The van der Waals surface area contributed by atoms with E-state index in [0.717, 1.165) is 13.0 Å². The van der Waals surface area contributed by atoms with Gasteiger partial charge in [0.15, 0.2) is 0 Å². The third-order valence-electron chi connectivity index (χ3n) is 2.39. The van der Waals surface area contributed by atoms with E-state index in [9.17, 15) is 4.79 Å². The van der Waals surface area contributed by atoms with Crippen LogP contribution in [-0.4, -0.2) is 26.4 Å². The summed E-state index contributed by atoms with van der Waals surface area (Å²) in [4.78, 5) is 12.3. The molecule has 1 N–H and O–H groups in total. The number of carbonyl (C=O) groups excluding carboxylic acids is 1. The van der Waals surface area contributed by atoms with Crippen molar-refractivity contribution < 1.29 is 14.3 Å². The van der Waals surface area contributed by atoms with Crippen molar-refractivity contribution in [1.82, 2.24) is 5.32 Å². The highest BCUT2D eigenvalue weighted by molar-refractivity contribution is 7.10. The van der Waals surface area contributed by atoms with E-state index < -0.39 is 6.09 Å². The van der Waals surface area contributed by atoms with Crippen molar-refractivity contribution in [3.05, 3.63) is 21.9 Å². The Morgan fingerprint density at radius 2 is 2.67 bits per heavy atom. The zero-order valence-corrected chi connectivity index (χ0v) is 9.30. The molecule has 1 unspecified atom stereocenters. The third-order valence-corrected chi connectivity index (χ3v) is 3.39. The molecule has 0 saturated heterocycles. The second kappa shape index (κ2) is 4.63. The Kier molecular flexibility index (Phi) is 3.23. The van der Waals surface area contributed by atoms with Crippen LogP contribution in [0.15, 0.2) is 11.4 Å². The van der Waals surface area contributed by atoms with Crippen molar-refractivity contribution in [2.45, 2.75) is 12.5 Å². The second-order valence-corrected chi connectivity index (χ2v) is 4.28. The van der Waals surface area contributed by atoms with Crippen molar-refractivity contribution in [1.29, 1.82) is 0 Å². The molecule has 1 aromatic heterocycles. The fourth-order valence-corrected chi connectivity index (χ4v) is 2.56. The lowest BCUT2D eigenvalue weighted by molar-refractivity contribution is 0.0432. The van der Waals surface area contributed by atoms with Crippen molar-refractivity contribution in [3.63, 3.8) is 0 Å². The SMILES string of the molecule is COC(=O)NCC1OCCc2sccc21. The van der Waals surface area contributed by atoms with Crippen molar-refractivity contribution in [2.24, 2.45) is 0 Å². The molecule has 15 heavy (non-hydrogen) atoms. The summed E-state index contributed by atoms with van der Waals surface area (Å²) >= 11 is 1.75. The number of thiophene rings is 1. The molecule has 0 spiro atoms. The van der Waals surface area contributed by atoms with Crippen LogP contribution in [0.1, 0.15) is 16.5 Å². The Balaban J connectivity index is 1.97. The van der Waals surface area contributed by atoms with Crippen molar-refractivity contribution in [3.8, 4) is 0 Å². The number of rotatable bonds is 2. The van der Waals surface area contributed by atoms with Gasteiger partial charge in [0, 0.05) is 11.3 Å². The Bertz CT molecular complexity index is 350. The van der Waals surface area contributed by atoms with Gasteiger partial charge in [0.25, 0.3) is 0 Å². The Morgan fingerprint density at radius 3 is 3.47 bits per heavy atom. The minimum Gasteiger partial charge on any atom is -0.453 e. The van der Waals surface area contributed by atoms with Crippen LogP contribution in [0.2, 0.25) is 0 Å². The summed E-state index contributed by atoms with van der Waals surface area (Å²) in [5, 5.41) is 4.71. The van der Waals surface area contributed by atoms with Gasteiger partial charge in [-0.2, -0.15) is 0 Å². The molecular weight excluding hydrogens is 214 g/mol. The zero-order valence-electron chi connectivity index (χ0n) is 8.49. The summed E-state index contributed by atoms with van der Waals surface area (Å²) in [6, 6.07) is 2.06. The molecule has 4 nitrogen and oxygen atoms in total. The third kappa shape index (κ3) is 2.30. The molecule has 1 aliphatic rings. The largest absolute Gasteiger partial charge is 0.453 e. The molecule has 0 aromatic carbocycles. The predicted molar refractivity (Wildman–Crippen MR) is 57.1 cm³/mol. The molecule has 5 heteroatoms. The summed E-state index contributed by atoms with van der Waals surface area (Å²) in [6.45, 7) is 1.19. The summed E-state index contributed by atoms with van der Waals surface area (Å²) in [7, 11) is 1.35. The normalized spacial score (nSPS) is 19.4. The van der Waals surface area contributed by atoms with E-state index in [1.54, 1.807) is 11.3 Å². The zero-order chi connectivity index (χ0) is 10.7. The van der Waals surface area contributed by atoms with Gasteiger partial charge < -0.3 is 14.8 Å². The number of alkyl carbamates (subject to hydrolysis) is 1. The lowest BCUT2D eigenvalue weighted by atomic mass is 10.1. The predicted octanol–water partition coefficient (Wildman–Crippen LogP) is 1.72. The lowest BCUT2D eigenvalue weighted by Gasteiger charge is -2.23. The van der Waals surface area contributed by atoms with E-state index in [1.165, 1.54) is 17.6 Å². The maximum Gasteiger partial charge on any atom is 0.406 e. The quantitative estimate of drug-likeness (QED) is 0.836. The molecule has 0 aliphatic carbocycles. The molecular formula is C10H13NO3S. The van der Waals surface area contributed by atoms with E-state index in [2.05, 4.69) is 21.5 Å². The van der Waals surface area contributed by atoms with E-state index in [-0.39, 0.29) is 6.10 Å². The van der Waals surface area contributed by atoms with E-state index >= 15 is 0 Å². The van der Waals surface area contributed by atoms with Crippen LogP contribution >= 0.6 is 11.3 Å². The molecule has 2 heterocycles. The molecule has 0 radical (unpaired) electrons. The number of amides is 1. The standard InChI is InChI=1S/C10H13NO3S/c1-13-10(12)11-6-8-7-3-5-15-9(7)2-4-14-8/h3,5,8H,2,4,6H2,1H3,(H,11,12). The first-order valence-electron chi connectivity index (χ1n) is 4.81. The number of ether oxygens (including phenoxy) is 2. The second-order valence-electron chi connectivity index (χ2n) is 3.28. The van der Waals surface area contributed by atoms with E-state index in [0.29, 0.717) is 6.54 Å². The lowest BCUT2D eigenvalue weighted by Crippen LogP contribution is -2.31. The summed E-state index contributed by atoms with van der Waals surface area (Å²) in [6.07, 6.45) is 0.530. The molecule has 82 valence electrons. The van der Waals surface area contributed by atoms with Gasteiger partial charge in [0.1, 0.15) is 6.10 Å². The van der Waals surface area contributed by atoms with Crippen molar-refractivity contribution >= 4 is 17.4 Å². The highest BCUT2D eigenvalue weighted by Gasteiger charge is 2.22. The maximum atomic E-state index is 10.9. The van der Waals surface area contributed by atoms with Gasteiger partial charge >= 0.3 is 6.09 Å². The van der Waals surface area contributed by atoms with Crippen LogP contribution < -0.4 is 5.32 Å². The molecule has 0 fully saturated rings. The number of carbonyl (C=O) groups is 1. The fraction of sp³-hybridized carbons (Fsp3) is 0.500. The molecule has 1 aliphatic heterocycles. The van der Waals surface area contributed by atoms with Crippen molar-refractivity contribution in [2.75, 3.05) is 20.3 Å². The smallest absolute Gasteiger partial charge is 0.406 e. The average Bonchev–Trinajstić information content (AvgIpc) is 2.74. The minimum absolute atomic E-state index is 0.0286. The molecule has 0 bridgehead atoms. The molecule has 1 amide bonds. The number of fused-ring (bicyclic) bond motifs is 1. The van der Waals surface area contributed by atoms with Gasteiger partial charge in [-0.3, -0.25) is 0 Å². The molecule has 2 rings (SSSR count). The Hall–Kier alpha value is -1.07. The van der Waals surface area contributed by atoms with Crippen LogP contribution in [0.5, 0.6) is 0 Å².